The van der Waals surface area contributed by atoms with E-state index in [1.54, 1.807) is 0 Å². The largest absolute Gasteiger partial charge is 0.507 e. The molecular formula is C28H41NO2. The molecule has 0 fully saturated rings. The van der Waals surface area contributed by atoms with Crippen LogP contribution in [0.4, 0.5) is 0 Å². The molecule has 2 aromatic rings. The van der Waals surface area contributed by atoms with Gasteiger partial charge in [-0.1, -0.05) is 98.2 Å². The maximum atomic E-state index is 11.4. The summed E-state index contributed by atoms with van der Waals surface area (Å²) < 4.78 is 0. The van der Waals surface area contributed by atoms with E-state index < -0.39 is 0 Å². The quantitative estimate of drug-likeness (QED) is 0.549. The van der Waals surface area contributed by atoms with Crippen molar-refractivity contribution in [2.24, 2.45) is 10.4 Å². The zero-order chi connectivity index (χ0) is 23.8. The number of rotatable bonds is 4. The van der Waals surface area contributed by atoms with Crippen molar-refractivity contribution in [1.29, 1.82) is 0 Å². The van der Waals surface area contributed by atoms with E-state index in [-0.39, 0.29) is 34.6 Å². The Morgan fingerprint density at radius 3 is 1.84 bits per heavy atom. The van der Waals surface area contributed by atoms with Gasteiger partial charge in [-0.3, -0.25) is 4.99 Å². The van der Waals surface area contributed by atoms with Gasteiger partial charge in [0.25, 0.3) is 0 Å². The molecule has 170 valence electrons. The van der Waals surface area contributed by atoms with E-state index >= 15 is 0 Å². The van der Waals surface area contributed by atoms with Crippen LogP contribution in [0.15, 0.2) is 41.4 Å². The van der Waals surface area contributed by atoms with Gasteiger partial charge in [0, 0.05) is 16.7 Å². The Morgan fingerprint density at radius 2 is 1.42 bits per heavy atom. The number of aliphatic hydroxyl groups excluding tert-OH is 1. The minimum atomic E-state index is -0.292. The number of aliphatic hydroxyl groups is 1. The lowest BCUT2D eigenvalue weighted by Gasteiger charge is -2.29. The minimum absolute atomic E-state index is 0.0509. The number of phenols is 1. The number of nitrogens with zero attached hydrogens (tertiary/aromatic N) is 1. The van der Waals surface area contributed by atoms with Gasteiger partial charge in [0.1, 0.15) is 5.75 Å². The van der Waals surface area contributed by atoms with Gasteiger partial charge < -0.3 is 10.2 Å². The number of aliphatic imine (C=N–C) groups is 1. The second-order valence-corrected chi connectivity index (χ2v) is 11.8. The van der Waals surface area contributed by atoms with Crippen LogP contribution in [-0.4, -0.2) is 28.6 Å². The first-order valence-electron chi connectivity index (χ1n) is 11.2. The zero-order valence-corrected chi connectivity index (χ0v) is 21.1. The standard InChI is InChI=1S/C28H41NO2/c1-18-11-13-19(14-12-18)24(29-23(17-30)28(8,9)10)21-15-20(26(2,3)4)16-22(25(21)31)27(5,6)7/h11-16,23,30-31H,17H2,1-10H3/t23-/m1/s1. The summed E-state index contributed by atoms with van der Waals surface area (Å²) in [6, 6.07) is 12.1. The highest BCUT2D eigenvalue weighted by Crippen LogP contribution is 2.39. The van der Waals surface area contributed by atoms with Crippen LogP contribution in [-0.2, 0) is 10.8 Å². The Bertz CT molecular complexity index is 933. The van der Waals surface area contributed by atoms with E-state index in [1.807, 2.05) is 12.1 Å². The summed E-state index contributed by atoms with van der Waals surface area (Å²) >= 11 is 0. The molecule has 0 aromatic heterocycles. The van der Waals surface area contributed by atoms with Crippen molar-refractivity contribution in [3.05, 3.63) is 64.2 Å². The summed E-state index contributed by atoms with van der Waals surface area (Å²) in [5.74, 6) is 0.269. The van der Waals surface area contributed by atoms with Crippen molar-refractivity contribution < 1.29 is 10.2 Å². The molecule has 0 spiro atoms. The highest BCUT2D eigenvalue weighted by atomic mass is 16.3. The van der Waals surface area contributed by atoms with Crippen molar-refractivity contribution in [3.8, 4) is 5.75 Å². The Labute approximate surface area is 189 Å². The molecule has 0 bridgehead atoms. The first-order chi connectivity index (χ1) is 14.1. The van der Waals surface area contributed by atoms with E-state index in [4.69, 9.17) is 4.99 Å². The van der Waals surface area contributed by atoms with Gasteiger partial charge in [0.15, 0.2) is 0 Å². The monoisotopic (exact) mass is 423 g/mol. The highest BCUT2D eigenvalue weighted by Gasteiger charge is 2.29. The molecule has 2 N–H and O–H groups in total. The summed E-state index contributed by atoms with van der Waals surface area (Å²) in [5, 5.41) is 21.6. The molecule has 0 saturated heterocycles. The zero-order valence-electron chi connectivity index (χ0n) is 21.1. The molecule has 0 unspecified atom stereocenters. The molecule has 0 heterocycles. The highest BCUT2D eigenvalue weighted by molar-refractivity contribution is 6.15. The molecule has 31 heavy (non-hydrogen) atoms. The van der Waals surface area contributed by atoms with Gasteiger partial charge >= 0.3 is 0 Å². The van der Waals surface area contributed by atoms with Gasteiger partial charge in [-0.05, 0) is 34.8 Å². The minimum Gasteiger partial charge on any atom is -0.507 e. The first-order valence-corrected chi connectivity index (χ1v) is 11.2. The summed E-state index contributed by atoms with van der Waals surface area (Å²) in [6.45, 7) is 21.2. The van der Waals surface area contributed by atoms with Crippen LogP contribution < -0.4 is 0 Å². The average Bonchev–Trinajstić information content (AvgIpc) is 2.61. The predicted molar refractivity (Wildman–Crippen MR) is 133 cm³/mol. The predicted octanol–water partition coefficient (Wildman–Crippen LogP) is 6.54. The Hall–Kier alpha value is -2.13. The molecule has 3 heteroatoms. The fraction of sp³-hybridized carbons (Fsp3) is 0.536. The number of benzene rings is 2. The number of hydrogen-bond acceptors (Lipinski definition) is 3. The molecular weight excluding hydrogens is 382 g/mol. The molecule has 2 rings (SSSR count). The number of aromatic hydroxyl groups is 1. The fourth-order valence-corrected chi connectivity index (χ4v) is 3.49. The summed E-state index contributed by atoms with van der Waals surface area (Å²) in [4.78, 5) is 5.05. The van der Waals surface area contributed by atoms with Gasteiger partial charge in [-0.25, -0.2) is 0 Å². The van der Waals surface area contributed by atoms with Crippen molar-refractivity contribution in [2.45, 2.75) is 86.1 Å². The van der Waals surface area contributed by atoms with Crippen LogP contribution in [0.3, 0.4) is 0 Å². The molecule has 3 nitrogen and oxygen atoms in total. The molecule has 0 radical (unpaired) electrons. The lowest BCUT2D eigenvalue weighted by Crippen LogP contribution is -2.30. The maximum Gasteiger partial charge on any atom is 0.128 e. The van der Waals surface area contributed by atoms with Gasteiger partial charge in [-0.15, -0.1) is 0 Å². The third-order valence-corrected chi connectivity index (χ3v) is 5.82. The Kier molecular flexibility index (Phi) is 7.12. The lowest BCUT2D eigenvalue weighted by atomic mass is 9.78. The number of phenolic OH excluding ortho intramolecular Hbond substituents is 1. The average molecular weight is 424 g/mol. The van der Waals surface area contributed by atoms with E-state index in [0.717, 1.165) is 28.0 Å². The molecule has 0 amide bonds. The summed E-state index contributed by atoms with van der Waals surface area (Å²) in [5.41, 5.74) is 5.10. The number of hydrogen-bond donors (Lipinski definition) is 2. The summed E-state index contributed by atoms with van der Waals surface area (Å²) in [7, 11) is 0. The maximum absolute atomic E-state index is 11.4. The van der Waals surface area contributed by atoms with Crippen molar-refractivity contribution >= 4 is 5.71 Å². The van der Waals surface area contributed by atoms with E-state index in [2.05, 4.69) is 93.5 Å². The van der Waals surface area contributed by atoms with E-state index in [0.29, 0.717) is 0 Å². The van der Waals surface area contributed by atoms with Crippen LogP contribution in [0.1, 0.15) is 90.1 Å². The topological polar surface area (TPSA) is 52.8 Å². The van der Waals surface area contributed by atoms with Crippen LogP contribution in [0.25, 0.3) is 0 Å². The second-order valence-electron chi connectivity index (χ2n) is 11.8. The number of aryl methyl sites for hydroxylation is 1. The second kappa shape index (κ2) is 8.78. The third-order valence-electron chi connectivity index (χ3n) is 5.82. The molecule has 0 saturated carbocycles. The summed E-state index contributed by atoms with van der Waals surface area (Å²) in [6.07, 6.45) is 0. The molecule has 0 aliphatic heterocycles. The van der Waals surface area contributed by atoms with Crippen molar-refractivity contribution in [3.63, 3.8) is 0 Å². The van der Waals surface area contributed by atoms with Gasteiger partial charge in [0.05, 0.1) is 18.4 Å². The lowest BCUT2D eigenvalue weighted by molar-refractivity contribution is 0.190. The fourth-order valence-electron chi connectivity index (χ4n) is 3.49. The third kappa shape index (κ3) is 5.98. The van der Waals surface area contributed by atoms with Crippen LogP contribution >= 0.6 is 0 Å². The Morgan fingerprint density at radius 1 is 0.871 bits per heavy atom. The molecule has 0 aliphatic carbocycles. The normalized spacial score (nSPS) is 14.6. The van der Waals surface area contributed by atoms with Crippen LogP contribution in [0.5, 0.6) is 5.75 Å². The Balaban J connectivity index is 2.92. The molecule has 0 aliphatic rings. The van der Waals surface area contributed by atoms with Crippen molar-refractivity contribution in [1.82, 2.24) is 0 Å². The van der Waals surface area contributed by atoms with E-state index in [1.165, 1.54) is 5.56 Å². The van der Waals surface area contributed by atoms with Crippen LogP contribution in [0.2, 0.25) is 0 Å². The smallest absolute Gasteiger partial charge is 0.128 e. The first kappa shape index (κ1) is 25.1. The van der Waals surface area contributed by atoms with Gasteiger partial charge in [-0.2, -0.15) is 0 Å². The van der Waals surface area contributed by atoms with Gasteiger partial charge in [0.2, 0.25) is 0 Å². The molecule has 2 aromatic carbocycles. The van der Waals surface area contributed by atoms with Crippen molar-refractivity contribution in [2.75, 3.05) is 6.61 Å². The molecule has 1 atom stereocenters. The SMILES string of the molecule is Cc1ccc(C(=N[C@H](CO)C(C)(C)C)c2cc(C(C)(C)C)cc(C(C)(C)C)c2O)cc1. The van der Waals surface area contributed by atoms with Crippen LogP contribution in [0, 0.1) is 12.3 Å². The van der Waals surface area contributed by atoms with E-state index in [9.17, 15) is 10.2 Å².